The number of thiophene rings is 1. The maximum Gasteiger partial charge on any atom is 0.303 e. The van der Waals surface area contributed by atoms with Crippen LogP contribution in [0.2, 0.25) is 0 Å². The minimum atomic E-state index is -0.401. The summed E-state index contributed by atoms with van der Waals surface area (Å²) in [6.45, 7) is 1.59. The van der Waals surface area contributed by atoms with Crippen LogP contribution in [-0.4, -0.2) is 24.9 Å². The Morgan fingerprint density at radius 1 is 1.30 bits per heavy atom. The number of likely N-dealkylation sites (tertiary alicyclic amines) is 1. The summed E-state index contributed by atoms with van der Waals surface area (Å²) in [5, 5.41) is 2.10. The van der Waals surface area contributed by atoms with Crippen LogP contribution >= 0.6 is 27.3 Å². The third-order valence-corrected chi connectivity index (χ3v) is 6.14. The third kappa shape index (κ3) is 2.55. The number of anilines is 1. The zero-order valence-corrected chi connectivity index (χ0v) is 14.8. The Kier molecular flexibility index (Phi) is 3.83. The number of hydrogen-bond acceptors (Lipinski definition) is 3. The highest BCUT2D eigenvalue weighted by Gasteiger charge is 2.40. The predicted molar refractivity (Wildman–Crippen MR) is 92.9 cm³/mol. The zero-order valence-electron chi connectivity index (χ0n) is 12.4. The summed E-state index contributed by atoms with van der Waals surface area (Å²) in [6.07, 6.45) is 2.29. The molecule has 1 N–H and O–H groups in total. The number of hydrogen-bond donors (Lipinski definition) is 1. The first-order valence-corrected chi connectivity index (χ1v) is 9.36. The van der Waals surface area contributed by atoms with Crippen LogP contribution in [0, 0.1) is 0 Å². The number of halogens is 1. The van der Waals surface area contributed by atoms with E-state index in [1.54, 1.807) is 22.3 Å². The van der Waals surface area contributed by atoms with Crippen LogP contribution in [0.25, 0.3) is 0 Å². The van der Waals surface area contributed by atoms with E-state index in [-0.39, 0.29) is 0 Å². The molecule has 1 unspecified atom stereocenters. The monoisotopic (exact) mass is 391 g/mol. The summed E-state index contributed by atoms with van der Waals surface area (Å²) in [6, 6.07) is 10.2. The Balaban J connectivity index is 1.62. The number of carbonyl (C=O) groups excluding carboxylic acids is 2. The second kappa shape index (κ2) is 5.85. The van der Waals surface area contributed by atoms with E-state index in [4.69, 9.17) is 0 Å². The van der Waals surface area contributed by atoms with Gasteiger partial charge in [-0.25, -0.2) is 0 Å². The molecular weight excluding hydrogens is 376 g/mol. The molecule has 2 aliphatic rings. The second-order valence-corrected chi connectivity index (χ2v) is 7.90. The highest BCUT2D eigenvalue weighted by atomic mass is 79.9. The van der Waals surface area contributed by atoms with Crippen LogP contribution in [0.15, 0.2) is 40.2 Å². The molecule has 2 aromatic rings. The molecule has 4 rings (SSSR count). The van der Waals surface area contributed by atoms with Gasteiger partial charge in [-0.2, -0.15) is 0 Å². The van der Waals surface area contributed by atoms with Gasteiger partial charge in [0, 0.05) is 17.3 Å². The number of rotatable bonds is 3. The van der Waals surface area contributed by atoms with Gasteiger partial charge in [-0.05, 0) is 29.6 Å². The summed E-state index contributed by atoms with van der Waals surface area (Å²) >= 11 is 5.14. The zero-order chi connectivity index (χ0) is 16.0. The van der Waals surface area contributed by atoms with Gasteiger partial charge in [0.25, 0.3) is 5.78 Å². The molecule has 1 saturated heterocycles. The summed E-state index contributed by atoms with van der Waals surface area (Å²) < 4.78 is 0.823. The molecule has 4 nitrogen and oxygen atoms in total. The maximum absolute atomic E-state index is 12.4. The van der Waals surface area contributed by atoms with Gasteiger partial charge in [0.2, 0.25) is 0 Å². The van der Waals surface area contributed by atoms with Gasteiger partial charge in [-0.1, -0.05) is 22.0 Å². The lowest BCUT2D eigenvalue weighted by atomic mass is 10.1. The molecule has 23 heavy (non-hydrogen) atoms. The standard InChI is InChI=1S/C17H15BrN2O2S/c18-11-5-6-13-12(9-11)16(21)17(22)20(13)10-19-7-1-3-14(19)15-4-2-8-23-15/h2,4-6,8-9,14H,1,3,7,10H2/p+1/t14-/m1/s1. The first-order chi connectivity index (χ1) is 11.1. The topological polar surface area (TPSA) is 41.8 Å². The van der Waals surface area contributed by atoms with E-state index in [2.05, 4.69) is 33.4 Å². The predicted octanol–water partition coefficient (Wildman–Crippen LogP) is 2.42. The van der Waals surface area contributed by atoms with Gasteiger partial charge in [0.1, 0.15) is 6.04 Å². The van der Waals surface area contributed by atoms with Crippen LogP contribution in [0.3, 0.4) is 0 Å². The van der Waals surface area contributed by atoms with E-state index < -0.39 is 11.7 Å². The maximum atomic E-state index is 12.4. The van der Waals surface area contributed by atoms with E-state index in [1.165, 1.54) is 9.78 Å². The first kappa shape index (κ1) is 15.1. The number of amides is 1. The molecule has 2 atom stereocenters. The van der Waals surface area contributed by atoms with Gasteiger partial charge in [0.15, 0.2) is 6.67 Å². The van der Waals surface area contributed by atoms with Crippen molar-refractivity contribution in [3.63, 3.8) is 0 Å². The van der Waals surface area contributed by atoms with E-state index >= 15 is 0 Å². The minimum Gasteiger partial charge on any atom is -0.311 e. The molecule has 2 aliphatic heterocycles. The van der Waals surface area contributed by atoms with E-state index in [9.17, 15) is 9.59 Å². The lowest BCUT2D eigenvalue weighted by Crippen LogP contribution is -3.12. The van der Waals surface area contributed by atoms with Crippen molar-refractivity contribution in [2.24, 2.45) is 0 Å². The number of fused-ring (bicyclic) bond motifs is 1. The lowest BCUT2D eigenvalue weighted by Gasteiger charge is -2.26. The number of nitrogens with one attached hydrogen (secondary N) is 1. The lowest BCUT2D eigenvalue weighted by molar-refractivity contribution is -0.916. The van der Waals surface area contributed by atoms with Crippen molar-refractivity contribution >= 4 is 44.6 Å². The molecule has 0 radical (unpaired) electrons. The molecule has 0 spiro atoms. The molecule has 1 fully saturated rings. The van der Waals surface area contributed by atoms with Crippen molar-refractivity contribution in [1.82, 2.24) is 0 Å². The van der Waals surface area contributed by atoms with Crippen LogP contribution in [0.4, 0.5) is 5.69 Å². The highest BCUT2D eigenvalue weighted by Crippen LogP contribution is 2.31. The number of carbonyl (C=O) groups is 2. The average molecular weight is 392 g/mol. The van der Waals surface area contributed by atoms with Gasteiger partial charge < -0.3 is 4.90 Å². The van der Waals surface area contributed by atoms with Gasteiger partial charge in [0.05, 0.1) is 22.7 Å². The van der Waals surface area contributed by atoms with Gasteiger partial charge in [-0.3, -0.25) is 14.5 Å². The molecule has 118 valence electrons. The molecule has 1 aromatic heterocycles. The Morgan fingerprint density at radius 2 is 2.17 bits per heavy atom. The fraction of sp³-hybridized carbons (Fsp3) is 0.294. The molecule has 0 aliphatic carbocycles. The highest BCUT2D eigenvalue weighted by molar-refractivity contribution is 9.10. The Labute approximate surface area is 146 Å². The number of benzene rings is 1. The average Bonchev–Trinajstić information content (AvgIpc) is 3.25. The Morgan fingerprint density at radius 3 is 2.96 bits per heavy atom. The molecule has 1 amide bonds. The van der Waals surface area contributed by atoms with Crippen molar-refractivity contribution in [3.05, 3.63) is 50.6 Å². The molecule has 0 bridgehead atoms. The minimum absolute atomic E-state index is 0.396. The Bertz CT molecular complexity index is 775. The van der Waals surface area contributed by atoms with E-state index in [0.717, 1.165) is 29.5 Å². The molecule has 0 saturated carbocycles. The van der Waals surface area contributed by atoms with Gasteiger partial charge in [-0.15, -0.1) is 11.3 Å². The van der Waals surface area contributed by atoms with Crippen molar-refractivity contribution < 1.29 is 14.5 Å². The molecule has 1 aromatic carbocycles. The van der Waals surface area contributed by atoms with Crippen LogP contribution in [0.1, 0.15) is 34.1 Å². The van der Waals surface area contributed by atoms with E-state index in [1.807, 2.05) is 12.1 Å². The summed E-state index contributed by atoms with van der Waals surface area (Å²) in [4.78, 5) is 29.0. The van der Waals surface area contributed by atoms with Crippen LogP contribution in [0.5, 0.6) is 0 Å². The number of Topliss-reactive ketones (excluding diaryl/α,β-unsaturated/α-hetero) is 1. The fourth-order valence-electron chi connectivity index (χ4n) is 3.57. The smallest absolute Gasteiger partial charge is 0.303 e. The number of nitrogens with zero attached hydrogens (tertiary/aromatic N) is 1. The fourth-order valence-corrected chi connectivity index (χ4v) is 4.85. The van der Waals surface area contributed by atoms with Crippen LogP contribution in [-0.2, 0) is 4.79 Å². The van der Waals surface area contributed by atoms with Crippen molar-refractivity contribution in [1.29, 1.82) is 0 Å². The van der Waals surface area contributed by atoms with Crippen molar-refractivity contribution in [2.75, 3.05) is 18.1 Å². The molecular formula is C17H16BrN2O2S+. The Hall–Kier alpha value is -1.50. The van der Waals surface area contributed by atoms with Gasteiger partial charge >= 0.3 is 5.91 Å². The molecule has 6 heteroatoms. The quantitative estimate of drug-likeness (QED) is 0.816. The van der Waals surface area contributed by atoms with E-state index in [0.29, 0.717) is 18.3 Å². The van der Waals surface area contributed by atoms with Crippen molar-refractivity contribution in [3.8, 4) is 0 Å². The number of quaternary nitrogens is 1. The summed E-state index contributed by atoms with van der Waals surface area (Å²) in [5.74, 6) is -0.796. The third-order valence-electron chi connectivity index (χ3n) is 4.66. The summed E-state index contributed by atoms with van der Waals surface area (Å²) in [7, 11) is 0. The van der Waals surface area contributed by atoms with Crippen LogP contribution < -0.4 is 9.80 Å². The van der Waals surface area contributed by atoms with Crippen molar-refractivity contribution in [2.45, 2.75) is 18.9 Å². The second-order valence-electron chi connectivity index (χ2n) is 6.00. The number of ketones is 1. The SMILES string of the molecule is O=C1C(=O)N(C[NH+]2CCC[C@@H]2c2cccs2)c2ccc(Br)cc21. The summed E-state index contributed by atoms with van der Waals surface area (Å²) in [5.41, 5.74) is 1.25. The largest absolute Gasteiger partial charge is 0.311 e. The molecule has 3 heterocycles. The first-order valence-electron chi connectivity index (χ1n) is 7.69. The normalized spacial score (nSPS) is 23.6.